The fourth-order valence-corrected chi connectivity index (χ4v) is 2.00. The zero-order chi connectivity index (χ0) is 13.1. The summed E-state index contributed by atoms with van der Waals surface area (Å²) in [4.78, 5) is 8.65. The molecule has 0 aliphatic rings. The third kappa shape index (κ3) is 2.47. The number of nitrogen functional groups attached to an aromatic ring is 1. The largest absolute Gasteiger partial charge is 0.399 e. The van der Waals surface area contributed by atoms with Crippen molar-refractivity contribution >= 4 is 22.3 Å². The van der Waals surface area contributed by atoms with Gasteiger partial charge in [0.1, 0.15) is 5.82 Å². The fraction of sp³-hybridized carbons (Fsp3) is 0.0667. The maximum absolute atomic E-state index is 5.83. The molecule has 3 rings (SSSR count). The van der Waals surface area contributed by atoms with E-state index in [1.807, 2.05) is 42.5 Å². The standard InChI is InChI=1S/C15H14N4/c16-12-5-4-11-6-8-18-15(14(11)9-12)19-10-13-3-1-2-7-17-13/h1-9H,10,16H2,(H,18,19). The first kappa shape index (κ1) is 11.5. The number of nitrogens with zero attached hydrogens (tertiary/aromatic N) is 2. The molecule has 1 aromatic carbocycles. The Kier molecular flexibility index (Phi) is 2.98. The van der Waals surface area contributed by atoms with E-state index in [0.29, 0.717) is 6.54 Å². The summed E-state index contributed by atoms with van der Waals surface area (Å²) in [5.74, 6) is 0.829. The van der Waals surface area contributed by atoms with Gasteiger partial charge in [-0.3, -0.25) is 4.98 Å². The molecule has 3 N–H and O–H groups in total. The van der Waals surface area contributed by atoms with Crippen molar-refractivity contribution in [3.05, 3.63) is 60.6 Å². The summed E-state index contributed by atoms with van der Waals surface area (Å²) in [5, 5.41) is 5.45. The second-order valence-corrected chi connectivity index (χ2v) is 4.31. The van der Waals surface area contributed by atoms with Gasteiger partial charge in [0.15, 0.2) is 0 Å². The highest BCUT2D eigenvalue weighted by molar-refractivity contribution is 5.93. The highest BCUT2D eigenvalue weighted by Crippen LogP contribution is 2.23. The second kappa shape index (κ2) is 4.94. The Hall–Kier alpha value is -2.62. The van der Waals surface area contributed by atoms with Crippen LogP contribution in [0.4, 0.5) is 11.5 Å². The molecule has 0 atom stereocenters. The van der Waals surface area contributed by atoms with Gasteiger partial charge in [0.2, 0.25) is 0 Å². The number of pyridine rings is 2. The van der Waals surface area contributed by atoms with Crippen molar-refractivity contribution in [1.29, 1.82) is 0 Å². The minimum absolute atomic E-state index is 0.641. The second-order valence-electron chi connectivity index (χ2n) is 4.31. The van der Waals surface area contributed by atoms with Gasteiger partial charge in [-0.15, -0.1) is 0 Å². The molecule has 2 aromatic heterocycles. The number of nitrogens with two attached hydrogens (primary N) is 1. The van der Waals surface area contributed by atoms with Crippen molar-refractivity contribution in [2.24, 2.45) is 0 Å². The number of benzene rings is 1. The van der Waals surface area contributed by atoms with Crippen LogP contribution in [0.15, 0.2) is 54.9 Å². The Morgan fingerprint density at radius 3 is 2.79 bits per heavy atom. The first-order valence-electron chi connectivity index (χ1n) is 6.11. The average molecular weight is 250 g/mol. The van der Waals surface area contributed by atoms with Crippen LogP contribution in [-0.4, -0.2) is 9.97 Å². The van der Waals surface area contributed by atoms with E-state index in [1.165, 1.54) is 0 Å². The van der Waals surface area contributed by atoms with E-state index in [4.69, 9.17) is 5.73 Å². The molecule has 0 saturated heterocycles. The van der Waals surface area contributed by atoms with Crippen LogP contribution in [0.5, 0.6) is 0 Å². The minimum Gasteiger partial charge on any atom is -0.399 e. The third-order valence-electron chi connectivity index (χ3n) is 2.95. The van der Waals surface area contributed by atoms with Crippen LogP contribution in [0, 0.1) is 0 Å². The molecular formula is C15H14N4. The van der Waals surface area contributed by atoms with Crippen molar-refractivity contribution in [1.82, 2.24) is 9.97 Å². The van der Waals surface area contributed by atoms with Crippen molar-refractivity contribution in [3.63, 3.8) is 0 Å². The van der Waals surface area contributed by atoms with Gasteiger partial charge in [-0.05, 0) is 35.7 Å². The fourth-order valence-electron chi connectivity index (χ4n) is 2.00. The lowest BCUT2D eigenvalue weighted by molar-refractivity contribution is 1.03. The summed E-state index contributed by atoms with van der Waals surface area (Å²) in [7, 11) is 0. The topological polar surface area (TPSA) is 63.8 Å². The highest BCUT2D eigenvalue weighted by atomic mass is 15.0. The van der Waals surface area contributed by atoms with E-state index < -0.39 is 0 Å². The molecule has 0 aliphatic heterocycles. The lowest BCUT2D eigenvalue weighted by atomic mass is 10.1. The molecule has 3 aromatic rings. The molecular weight excluding hydrogens is 236 g/mol. The molecule has 0 radical (unpaired) electrons. The molecule has 19 heavy (non-hydrogen) atoms. The maximum Gasteiger partial charge on any atom is 0.134 e. The molecule has 0 fully saturated rings. The van der Waals surface area contributed by atoms with Crippen molar-refractivity contribution in [2.75, 3.05) is 11.1 Å². The van der Waals surface area contributed by atoms with E-state index in [-0.39, 0.29) is 0 Å². The monoisotopic (exact) mass is 250 g/mol. The first-order chi connectivity index (χ1) is 9.33. The van der Waals surface area contributed by atoms with Gasteiger partial charge in [0, 0.05) is 23.5 Å². The number of fused-ring (bicyclic) bond motifs is 1. The van der Waals surface area contributed by atoms with E-state index in [2.05, 4.69) is 15.3 Å². The predicted octanol–water partition coefficient (Wildman–Crippen LogP) is 2.82. The molecule has 0 bridgehead atoms. The molecule has 94 valence electrons. The molecule has 0 unspecified atom stereocenters. The minimum atomic E-state index is 0.641. The lowest BCUT2D eigenvalue weighted by Gasteiger charge is -2.08. The Labute approximate surface area is 111 Å². The highest BCUT2D eigenvalue weighted by Gasteiger charge is 2.03. The Morgan fingerprint density at radius 1 is 1.00 bits per heavy atom. The molecule has 4 heteroatoms. The Balaban J connectivity index is 1.90. The number of rotatable bonds is 3. The van der Waals surface area contributed by atoms with Crippen molar-refractivity contribution in [2.45, 2.75) is 6.54 Å². The predicted molar refractivity (Wildman–Crippen MR) is 77.7 cm³/mol. The van der Waals surface area contributed by atoms with E-state index in [1.54, 1.807) is 12.4 Å². The number of nitrogens with one attached hydrogen (secondary N) is 1. The average Bonchev–Trinajstić information content (AvgIpc) is 2.46. The van der Waals surface area contributed by atoms with E-state index in [0.717, 1.165) is 28.0 Å². The molecule has 0 amide bonds. The Bertz CT molecular complexity index is 695. The quantitative estimate of drug-likeness (QED) is 0.702. The number of hydrogen-bond acceptors (Lipinski definition) is 4. The third-order valence-corrected chi connectivity index (χ3v) is 2.95. The zero-order valence-electron chi connectivity index (χ0n) is 10.4. The van der Waals surface area contributed by atoms with E-state index in [9.17, 15) is 0 Å². The van der Waals surface area contributed by atoms with Gasteiger partial charge in [-0.25, -0.2) is 4.98 Å². The molecule has 4 nitrogen and oxygen atoms in total. The van der Waals surface area contributed by atoms with Gasteiger partial charge < -0.3 is 11.1 Å². The number of hydrogen-bond donors (Lipinski definition) is 2. The van der Waals surface area contributed by atoms with Gasteiger partial charge in [0.25, 0.3) is 0 Å². The number of anilines is 2. The van der Waals surface area contributed by atoms with Gasteiger partial charge in [0.05, 0.1) is 12.2 Å². The summed E-state index contributed by atoms with van der Waals surface area (Å²) in [6.07, 6.45) is 3.57. The van der Waals surface area contributed by atoms with Crippen LogP contribution in [0.2, 0.25) is 0 Å². The molecule has 0 aliphatic carbocycles. The van der Waals surface area contributed by atoms with Gasteiger partial charge >= 0.3 is 0 Å². The summed E-state index contributed by atoms with van der Waals surface area (Å²) in [6, 6.07) is 13.7. The summed E-state index contributed by atoms with van der Waals surface area (Å²) < 4.78 is 0. The summed E-state index contributed by atoms with van der Waals surface area (Å²) in [6.45, 7) is 0.641. The van der Waals surface area contributed by atoms with Crippen LogP contribution < -0.4 is 11.1 Å². The summed E-state index contributed by atoms with van der Waals surface area (Å²) >= 11 is 0. The first-order valence-corrected chi connectivity index (χ1v) is 6.11. The van der Waals surface area contributed by atoms with Crippen molar-refractivity contribution < 1.29 is 0 Å². The smallest absolute Gasteiger partial charge is 0.134 e. The maximum atomic E-state index is 5.83. The van der Waals surface area contributed by atoms with E-state index >= 15 is 0 Å². The normalized spacial score (nSPS) is 10.5. The lowest BCUT2D eigenvalue weighted by Crippen LogP contribution is -2.03. The SMILES string of the molecule is Nc1ccc2ccnc(NCc3ccccn3)c2c1. The molecule has 0 saturated carbocycles. The zero-order valence-corrected chi connectivity index (χ0v) is 10.4. The van der Waals surface area contributed by atoms with Gasteiger partial charge in [-0.1, -0.05) is 12.1 Å². The molecule has 0 spiro atoms. The number of aromatic nitrogens is 2. The van der Waals surface area contributed by atoms with Crippen molar-refractivity contribution in [3.8, 4) is 0 Å². The Morgan fingerprint density at radius 2 is 1.95 bits per heavy atom. The van der Waals surface area contributed by atoms with Crippen LogP contribution >= 0.6 is 0 Å². The molecule has 2 heterocycles. The van der Waals surface area contributed by atoms with Gasteiger partial charge in [-0.2, -0.15) is 0 Å². The van der Waals surface area contributed by atoms with Crippen LogP contribution in [0.1, 0.15) is 5.69 Å². The van der Waals surface area contributed by atoms with Crippen LogP contribution in [-0.2, 0) is 6.54 Å². The summed E-state index contributed by atoms with van der Waals surface area (Å²) in [5.41, 5.74) is 7.55. The van der Waals surface area contributed by atoms with Crippen LogP contribution in [0.3, 0.4) is 0 Å². The van der Waals surface area contributed by atoms with Crippen LogP contribution in [0.25, 0.3) is 10.8 Å².